The van der Waals surface area contributed by atoms with E-state index < -0.39 is 0 Å². The van der Waals surface area contributed by atoms with Gasteiger partial charge < -0.3 is 10.1 Å². The first-order valence-electron chi connectivity index (χ1n) is 12.3. The summed E-state index contributed by atoms with van der Waals surface area (Å²) in [6.45, 7) is 6.44. The first kappa shape index (κ1) is 23.5. The summed E-state index contributed by atoms with van der Waals surface area (Å²) in [5.74, 6) is 0.718. The Morgan fingerprint density at radius 2 is 2.11 bits per heavy atom. The second-order valence-corrected chi connectivity index (χ2v) is 10.6. The summed E-state index contributed by atoms with van der Waals surface area (Å²) in [4.78, 5) is 20.6. The van der Waals surface area contributed by atoms with Gasteiger partial charge in [-0.2, -0.15) is 5.26 Å². The summed E-state index contributed by atoms with van der Waals surface area (Å²) in [7, 11) is 0. The number of amides is 1. The minimum Gasteiger partial charge on any atom is -0.490 e. The van der Waals surface area contributed by atoms with Crippen LogP contribution in [0.1, 0.15) is 55.8 Å². The van der Waals surface area contributed by atoms with Gasteiger partial charge in [0.25, 0.3) is 0 Å². The number of nitriles is 1. The molecule has 7 heteroatoms. The zero-order chi connectivity index (χ0) is 24.4. The number of thiazole rings is 1. The highest BCUT2D eigenvalue weighted by Gasteiger charge is 2.27. The highest BCUT2D eigenvalue weighted by molar-refractivity contribution is 7.18. The van der Waals surface area contributed by atoms with Crippen LogP contribution in [0, 0.1) is 11.3 Å². The van der Waals surface area contributed by atoms with Gasteiger partial charge in [0.15, 0.2) is 0 Å². The second kappa shape index (κ2) is 10.2. The Hall–Kier alpha value is -3.21. The minimum absolute atomic E-state index is 0.00779. The van der Waals surface area contributed by atoms with Gasteiger partial charge in [-0.1, -0.05) is 18.2 Å². The summed E-state index contributed by atoms with van der Waals surface area (Å²) in [6, 6.07) is 14.3. The van der Waals surface area contributed by atoms with E-state index in [-0.39, 0.29) is 18.1 Å². The number of ether oxygens (including phenoxy) is 1. The normalized spacial score (nSPS) is 17.4. The predicted molar refractivity (Wildman–Crippen MR) is 138 cm³/mol. The van der Waals surface area contributed by atoms with Crippen molar-refractivity contribution in [2.45, 2.75) is 51.7 Å². The lowest BCUT2D eigenvalue weighted by Gasteiger charge is -2.18. The molecule has 1 N–H and O–H groups in total. The van der Waals surface area contributed by atoms with Crippen LogP contribution in [0.3, 0.4) is 0 Å². The van der Waals surface area contributed by atoms with Gasteiger partial charge in [0, 0.05) is 11.8 Å². The lowest BCUT2D eigenvalue weighted by molar-refractivity contribution is -0.122. The number of hydrogen-bond donors (Lipinski definition) is 1. The van der Waals surface area contributed by atoms with Crippen molar-refractivity contribution in [3.8, 4) is 32.8 Å². The van der Waals surface area contributed by atoms with E-state index in [4.69, 9.17) is 4.74 Å². The van der Waals surface area contributed by atoms with Gasteiger partial charge in [0.05, 0.1) is 29.1 Å². The molecule has 3 aromatic rings. The zero-order valence-corrected chi connectivity index (χ0v) is 21.0. The Balaban J connectivity index is 1.35. The molecule has 180 valence electrons. The Kier molecular flexibility index (Phi) is 6.85. The number of rotatable bonds is 7. The molecule has 35 heavy (non-hydrogen) atoms. The summed E-state index contributed by atoms with van der Waals surface area (Å²) in [6.07, 6.45) is 6.16. The molecular weight excluding hydrogens is 456 g/mol. The Morgan fingerprint density at radius 1 is 1.29 bits per heavy atom. The molecule has 2 aliphatic rings. The first-order chi connectivity index (χ1) is 17.0. The number of likely N-dealkylation sites (tertiary alicyclic amines) is 1. The van der Waals surface area contributed by atoms with Crippen molar-refractivity contribution in [3.05, 3.63) is 59.3 Å². The average Bonchev–Trinajstić information content (AvgIpc) is 3.61. The van der Waals surface area contributed by atoms with E-state index in [9.17, 15) is 10.1 Å². The maximum atomic E-state index is 12.6. The molecule has 2 heterocycles. The van der Waals surface area contributed by atoms with Crippen LogP contribution < -0.4 is 10.1 Å². The third-order valence-electron chi connectivity index (χ3n) is 6.65. The fourth-order valence-corrected chi connectivity index (χ4v) is 6.02. The highest BCUT2D eigenvalue weighted by Crippen LogP contribution is 2.41. The van der Waals surface area contributed by atoms with Crippen molar-refractivity contribution in [1.82, 2.24) is 15.2 Å². The number of aromatic nitrogens is 1. The van der Waals surface area contributed by atoms with Crippen molar-refractivity contribution in [3.63, 3.8) is 0 Å². The highest BCUT2D eigenvalue weighted by atomic mass is 32.1. The number of fused-ring (bicyclic) bond motifs is 1. The van der Waals surface area contributed by atoms with Gasteiger partial charge in [-0.15, -0.1) is 11.3 Å². The summed E-state index contributed by atoms with van der Waals surface area (Å²) in [5, 5.41) is 13.7. The van der Waals surface area contributed by atoms with E-state index in [1.54, 1.807) is 11.3 Å². The molecule has 2 aromatic carbocycles. The van der Waals surface area contributed by atoms with Crippen LogP contribution in [0.15, 0.2) is 42.6 Å². The van der Waals surface area contributed by atoms with E-state index in [0.717, 1.165) is 41.4 Å². The van der Waals surface area contributed by atoms with E-state index in [1.807, 2.05) is 38.2 Å². The summed E-state index contributed by atoms with van der Waals surface area (Å²) >= 11 is 1.63. The molecule has 0 saturated carbocycles. The predicted octanol–water partition coefficient (Wildman–Crippen LogP) is 5.34. The van der Waals surface area contributed by atoms with Crippen LogP contribution in [-0.4, -0.2) is 41.5 Å². The van der Waals surface area contributed by atoms with E-state index in [2.05, 4.69) is 39.5 Å². The fourth-order valence-electron chi connectivity index (χ4n) is 5.06. The molecule has 1 aliphatic heterocycles. The summed E-state index contributed by atoms with van der Waals surface area (Å²) in [5.41, 5.74) is 5.12. The molecule has 0 spiro atoms. The lowest BCUT2D eigenvalue weighted by atomic mass is 10.0. The van der Waals surface area contributed by atoms with Crippen LogP contribution in [-0.2, 0) is 11.2 Å². The van der Waals surface area contributed by atoms with Crippen molar-refractivity contribution in [2.75, 3.05) is 19.6 Å². The molecule has 1 amide bonds. The quantitative estimate of drug-likeness (QED) is 0.488. The topological polar surface area (TPSA) is 78.2 Å². The molecule has 1 fully saturated rings. The maximum absolute atomic E-state index is 12.6. The third-order valence-corrected chi connectivity index (χ3v) is 7.73. The standard InChI is InChI=1S/C28H30N4O2S/c1-18(2)34-25-11-8-19(14-20(25)15-29)28-30-16-26(35-28)23-7-5-6-22-21(23)9-10-24(22)31-27(33)17-32-12-3-4-13-32/h5-8,11,14,16,18,24H,3-4,9-10,12-13,17H2,1-2H3,(H,31,33)/t24-/m1/s1. The Labute approximate surface area is 210 Å². The van der Waals surface area contributed by atoms with Gasteiger partial charge in [-0.3, -0.25) is 9.69 Å². The third kappa shape index (κ3) is 5.09. The number of nitrogens with zero attached hydrogens (tertiary/aromatic N) is 3. The molecular formula is C28H30N4O2S. The van der Waals surface area contributed by atoms with E-state index in [0.29, 0.717) is 17.9 Å². The van der Waals surface area contributed by atoms with Gasteiger partial charge in [-0.25, -0.2) is 4.98 Å². The molecule has 5 rings (SSSR count). The minimum atomic E-state index is 0.00779. The lowest BCUT2D eigenvalue weighted by Crippen LogP contribution is -2.37. The monoisotopic (exact) mass is 486 g/mol. The van der Waals surface area contributed by atoms with Gasteiger partial charge in [0.1, 0.15) is 16.8 Å². The van der Waals surface area contributed by atoms with Crippen molar-refractivity contribution >= 4 is 17.2 Å². The SMILES string of the molecule is CC(C)Oc1ccc(-c2ncc(-c3cccc4c3CC[C@H]4NC(=O)CN3CCCC3)s2)cc1C#N. The van der Waals surface area contributed by atoms with Crippen LogP contribution in [0.2, 0.25) is 0 Å². The second-order valence-electron chi connectivity index (χ2n) is 9.53. The Morgan fingerprint density at radius 3 is 2.89 bits per heavy atom. The number of nitrogens with one attached hydrogen (secondary N) is 1. The largest absolute Gasteiger partial charge is 0.490 e. The number of hydrogen-bond acceptors (Lipinski definition) is 6. The number of benzene rings is 2. The maximum Gasteiger partial charge on any atom is 0.234 e. The molecule has 1 aromatic heterocycles. The van der Waals surface area contributed by atoms with Crippen molar-refractivity contribution in [1.29, 1.82) is 5.26 Å². The number of carbonyl (C=O) groups excluding carboxylic acids is 1. The van der Waals surface area contributed by atoms with Crippen LogP contribution >= 0.6 is 11.3 Å². The zero-order valence-electron chi connectivity index (χ0n) is 20.2. The molecule has 0 radical (unpaired) electrons. The first-order valence-corrected chi connectivity index (χ1v) is 13.1. The molecule has 0 bridgehead atoms. The van der Waals surface area contributed by atoms with Gasteiger partial charge in [0.2, 0.25) is 5.91 Å². The van der Waals surface area contributed by atoms with Gasteiger partial charge in [-0.05, 0) is 87.5 Å². The molecule has 1 aliphatic carbocycles. The van der Waals surface area contributed by atoms with Crippen LogP contribution in [0.4, 0.5) is 0 Å². The Bertz CT molecular complexity index is 1270. The van der Waals surface area contributed by atoms with Gasteiger partial charge >= 0.3 is 0 Å². The van der Waals surface area contributed by atoms with E-state index in [1.165, 1.54) is 29.5 Å². The molecule has 1 saturated heterocycles. The molecule has 1 atom stereocenters. The van der Waals surface area contributed by atoms with Crippen molar-refractivity contribution in [2.24, 2.45) is 0 Å². The number of carbonyl (C=O) groups is 1. The van der Waals surface area contributed by atoms with E-state index >= 15 is 0 Å². The molecule has 0 unspecified atom stereocenters. The van der Waals surface area contributed by atoms with Crippen molar-refractivity contribution < 1.29 is 9.53 Å². The van der Waals surface area contributed by atoms with Crippen LogP contribution in [0.5, 0.6) is 5.75 Å². The van der Waals surface area contributed by atoms with Crippen LogP contribution in [0.25, 0.3) is 21.0 Å². The average molecular weight is 487 g/mol. The molecule has 6 nitrogen and oxygen atoms in total. The fraction of sp³-hybridized carbons (Fsp3) is 0.393. The smallest absolute Gasteiger partial charge is 0.234 e. The summed E-state index contributed by atoms with van der Waals surface area (Å²) < 4.78 is 5.75.